The highest BCUT2D eigenvalue weighted by Crippen LogP contribution is 2.18. The molecule has 0 aliphatic rings. The first kappa shape index (κ1) is 17.0. The number of benzene rings is 1. The van der Waals surface area contributed by atoms with Crippen LogP contribution in [0.4, 0.5) is 5.69 Å². The molecule has 0 atom stereocenters. The van der Waals surface area contributed by atoms with Crippen molar-refractivity contribution in [2.75, 3.05) is 11.9 Å². The Morgan fingerprint density at radius 3 is 2.61 bits per heavy atom. The Labute approximate surface area is 139 Å². The van der Waals surface area contributed by atoms with Gasteiger partial charge in [-0.25, -0.2) is 0 Å². The maximum atomic E-state index is 11.9. The van der Waals surface area contributed by atoms with E-state index in [1.54, 1.807) is 42.9 Å². The molecule has 1 amide bonds. The fraction of sp³-hybridized carbons (Fsp3) is 0.312. The monoisotopic (exact) mass is 335 g/mol. The van der Waals surface area contributed by atoms with Crippen LogP contribution in [0.3, 0.4) is 0 Å². The summed E-state index contributed by atoms with van der Waals surface area (Å²) in [6.45, 7) is 3.29. The van der Waals surface area contributed by atoms with E-state index < -0.39 is 11.9 Å². The largest absolute Gasteiger partial charge is 0.455 e. The lowest BCUT2D eigenvalue weighted by Gasteiger charge is -2.07. The fourth-order valence-corrected chi connectivity index (χ4v) is 2.33. The van der Waals surface area contributed by atoms with Crippen molar-refractivity contribution >= 4 is 29.2 Å². The summed E-state index contributed by atoms with van der Waals surface area (Å²) >= 11 is 5.98. The third-order valence-corrected chi connectivity index (χ3v) is 3.80. The summed E-state index contributed by atoms with van der Waals surface area (Å²) in [4.78, 5) is 23.7. The minimum atomic E-state index is -0.507. The van der Waals surface area contributed by atoms with Gasteiger partial charge >= 0.3 is 5.97 Å². The molecule has 0 aliphatic carbocycles. The molecule has 0 unspecified atom stereocenters. The van der Waals surface area contributed by atoms with Crippen LogP contribution >= 0.6 is 11.6 Å². The van der Waals surface area contributed by atoms with Crippen LogP contribution in [0.25, 0.3) is 0 Å². The van der Waals surface area contributed by atoms with E-state index in [1.807, 2.05) is 6.92 Å². The number of hydrogen-bond donors (Lipinski definition) is 1. The lowest BCUT2D eigenvalue weighted by molar-refractivity contribution is -0.146. The van der Waals surface area contributed by atoms with Gasteiger partial charge in [-0.3, -0.25) is 14.3 Å². The smallest absolute Gasteiger partial charge is 0.310 e. The van der Waals surface area contributed by atoms with E-state index in [0.717, 1.165) is 5.69 Å². The first-order chi connectivity index (χ1) is 10.9. The Bertz CT molecular complexity index is 740. The van der Waals surface area contributed by atoms with Gasteiger partial charge < -0.3 is 10.1 Å². The molecule has 0 bridgehead atoms. The SMILES string of the molecule is Cc1nn(C)c(C)c1NC(=O)COC(=O)Cc1ccccc1Cl. The molecule has 1 N–H and O–H groups in total. The van der Waals surface area contributed by atoms with Crippen molar-refractivity contribution in [3.05, 3.63) is 46.2 Å². The minimum Gasteiger partial charge on any atom is -0.455 e. The van der Waals surface area contributed by atoms with Crippen LogP contribution < -0.4 is 5.32 Å². The van der Waals surface area contributed by atoms with Gasteiger partial charge in [0.25, 0.3) is 5.91 Å². The molecule has 7 heteroatoms. The fourth-order valence-electron chi connectivity index (χ4n) is 2.12. The summed E-state index contributed by atoms with van der Waals surface area (Å²) in [5.41, 5.74) is 2.84. The highest BCUT2D eigenvalue weighted by molar-refractivity contribution is 6.31. The van der Waals surface area contributed by atoms with Crippen molar-refractivity contribution in [3.8, 4) is 0 Å². The minimum absolute atomic E-state index is 0.0257. The number of amides is 1. The Kier molecular flexibility index (Phi) is 5.39. The van der Waals surface area contributed by atoms with Crippen molar-refractivity contribution in [2.24, 2.45) is 7.05 Å². The predicted octanol–water partition coefficient (Wildman–Crippen LogP) is 2.41. The van der Waals surface area contributed by atoms with Crippen LogP contribution in [-0.2, 0) is 27.8 Å². The third-order valence-electron chi connectivity index (χ3n) is 3.43. The lowest BCUT2D eigenvalue weighted by atomic mass is 10.1. The molecule has 0 saturated heterocycles. The van der Waals surface area contributed by atoms with Crippen LogP contribution in [0.1, 0.15) is 17.0 Å². The number of hydrogen-bond acceptors (Lipinski definition) is 4. The summed E-state index contributed by atoms with van der Waals surface area (Å²) in [5.74, 6) is -0.912. The van der Waals surface area contributed by atoms with Crippen LogP contribution in [0.15, 0.2) is 24.3 Å². The molecule has 0 saturated carbocycles. The zero-order chi connectivity index (χ0) is 17.0. The second kappa shape index (κ2) is 7.28. The van der Waals surface area contributed by atoms with E-state index in [9.17, 15) is 9.59 Å². The second-order valence-corrected chi connectivity index (χ2v) is 5.55. The average Bonchev–Trinajstić information content (AvgIpc) is 2.74. The quantitative estimate of drug-likeness (QED) is 0.852. The molecule has 6 nitrogen and oxygen atoms in total. The molecule has 0 spiro atoms. The van der Waals surface area contributed by atoms with E-state index in [2.05, 4.69) is 10.4 Å². The molecule has 23 heavy (non-hydrogen) atoms. The number of aromatic nitrogens is 2. The highest BCUT2D eigenvalue weighted by atomic mass is 35.5. The Morgan fingerprint density at radius 1 is 1.30 bits per heavy atom. The summed E-state index contributed by atoms with van der Waals surface area (Å²) in [6, 6.07) is 7.01. The second-order valence-electron chi connectivity index (χ2n) is 5.15. The van der Waals surface area contributed by atoms with Gasteiger partial charge in [0.1, 0.15) is 0 Å². The number of carbonyl (C=O) groups is 2. The molecule has 2 aromatic rings. The van der Waals surface area contributed by atoms with E-state index in [4.69, 9.17) is 16.3 Å². The molecule has 0 fully saturated rings. The molecular formula is C16H18ClN3O3. The predicted molar refractivity (Wildman–Crippen MR) is 87.4 cm³/mol. The number of rotatable bonds is 5. The molecule has 0 aliphatic heterocycles. The van der Waals surface area contributed by atoms with E-state index in [-0.39, 0.29) is 13.0 Å². The van der Waals surface area contributed by atoms with Gasteiger partial charge in [0.15, 0.2) is 6.61 Å². The number of carbonyl (C=O) groups excluding carboxylic acids is 2. The van der Waals surface area contributed by atoms with Gasteiger partial charge in [-0.05, 0) is 25.5 Å². The van der Waals surface area contributed by atoms with Crippen molar-refractivity contribution in [3.63, 3.8) is 0 Å². The number of ether oxygens (including phenoxy) is 1. The van der Waals surface area contributed by atoms with Crippen molar-refractivity contribution in [2.45, 2.75) is 20.3 Å². The molecule has 2 rings (SSSR count). The Morgan fingerprint density at radius 2 is 2.00 bits per heavy atom. The van der Waals surface area contributed by atoms with Gasteiger partial charge in [-0.15, -0.1) is 0 Å². The standard InChI is InChI=1S/C16H18ClN3O3/c1-10-16(11(2)20(3)19-10)18-14(21)9-23-15(22)8-12-6-4-5-7-13(12)17/h4-7H,8-9H2,1-3H3,(H,18,21). The van der Waals surface area contributed by atoms with Gasteiger partial charge in [0.2, 0.25) is 0 Å². The highest BCUT2D eigenvalue weighted by Gasteiger charge is 2.14. The number of aryl methyl sites for hydroxylation is 2. The number of nitrogens with zero attached hydrogens (tertiary/aromatic N) is 2. The van der Waals surface area contributed by atoms with Gasteiger partial charge in [-0.1, -0.05) is 29.8 Å². The van der Waals surface area contributed by atoms with Gasteiger partial charge in [0.05, 0.1) is 23.5 Å². The Balaban J connectivity index is 1.87. The van der Waals surface area contributed by atoms with Crippen molar-refractivity contribution in [1.82, 2.24) is 9.78 Å². The maximum absolute atomic E-state index is 11.9. The normalized spacial score (nSPS) is 10.4. The number of halogens is 1. The van der Waals surface area contributed by atoms with Crippen LogP contribution in [0, 0.1) is 13.8 Å². The molecule has 122 valence electrons. The summed E-state index contributed by atoms with van der Waals surface area (Å²) in [5, 5.41) is 7.40. The first-order valence-electron chi connectivity index (χ1n) is 7.07. The number of anilines is 1. The summed E-state index contributed by atoms with van der Waals surface area (Å²) in [7, 11) is 1.79. The summed E-state index contributed by atoms with van der Waals surface area (Å²) in [6.07, 6.45) is 0.0257. The number of nitrogens with one attached hydrogen (secondary N) is 1. The van der Waals surface area contributed by atoms with Crippen LogP contribution in [0.5, 0.6) is 0 Å². The molecule has 1 aromatic carbocycles. The van der Waals surface area contributed by atoms with Crippen LogP contribution in [0.2, 0.25) is 5.02 Å². The third kappa shape index (κ3) is 4.32. The molecule has 1 heterocycles. The molecule has 0 radical (unpaired) electrons. The van der Waals surface area contributed by atoms with E-state index in [1.165, 1.54) is 0 Å². The summed E-state index contributed by atoms with van der Waals surface area (Å²) < 4.78 is 6.66. The van der Waals surface area contributed by atoms with Crippen LogP contribution in [-0.4, -0.2) is 28.3 Å². The van der Waals surface area contributed by atoms with Gasteiger partial charge in [0, 0.05) is 12.1 Å². The van der Waals surface area contributed by atoms with Crippen molar-refractivity contribution in [1.29, 1.82) is 0 Å². The van der Waals surface area contributed by atoms with Crippen molar-refractivity contribution < 1.29 is 14.3 Å². The maximum Gasteiger partial charge on any atom is 0.310 e. The molecular weight excluding hydrogens is 318 g/mol. The average molecular weight is 336 g/mol. The van der Waals surface area contributed by atoms with E-state index in [0.29, 0.717) is 22.0 Å². The number of esters is 1. The van der Waals surface area contributed by atoms with Gasteiger partial charge in [-0.2, -0.15) is 5.10 Å². The zero-order valence-electron chi connectivity index (χ0n) is 13.2. The Hall–Kier alpha value is -2.34. The lowest BCUT2D eigenvalue weighted by Crippen LogP contribution is -2.22. The zero-order valence-corrected chi connectivity index (χ0v) is 14.0. The topological polar surface area (TPSA) is 73.2 Å². The first-order valence-corrected chi connectivity index (χ1v) is 7.45. The van der Waals surface area contributed by atoms with E-state index >= 15 is 0 Å². The molecule has 1 aromatic heterocycles.